The number of nitrogens with one attached hydrogen (secondary N) is 3. The minimum atomic E-state index is -0.228. The third kappa shape index (κ3) is 3.20. The maximum atomic E-state index is 13.5. The van der Waals surface area contributed by atoms with Crippen LogP contribution in [0.2, 0.25) is 0 Å². The van der Waals surface area contributed by atoms with E-state index in [2.05, 4.69) is 15.6 Å². The van der Waals surface area contributed by atoms with Crippen molar-refractivity contribution < 1.29 is 9.18 Å². The summed E-state index contributed by atoms with van der Waals surface area (Å²) in [7, 11) is 0. The minimum Gasteiger partial charge on any atom is -0.384 e. The number of amides is 1. The highest BCUT2D eigenvalue weighted by molar-refractivity contribution is 6.03. The largest absolute Gasteiger partial charge is 0.384 e. The number of aromatic amines is 1. The fourth-order valence-corrected chi connectivity index (χ4v) is 3.41. The van der Waals surface area contributed by atoms with E-state index in [9.17, 15) is 9.18 Å². The van der Waals surface area contributed by atoms with Gasteiger partial charge in [-0.2, -0.15) is 0 Å². The van der Waals surface area contributed by atoms with Crippen LogP contribution in [0.3, 0.4) is 0 Å². The number of hydrogen-bond donors (Lipinski definition) is 3. The van der Waals surface area contributed by atoms with E-state index in [1.807, 2.05) is 43.5 Å². The van der Waals surface area contributed by atoms with Gasteiger partial charge in [0.2, 0.25) is 0 Å². The quantitative estimate of drug-likeness (QED) is 0.740. The molecule has 4 rings (SSSR count). The summed E-state index contributed by atoms with van der Waals surface area (Å²) in [4.78, 5) is 15.4. The Labute approximate surface area is 151 Å². The predicted molar refractivity (Wildman–Crippen MR) is 99.2 cm³/mol. The highest BCUT2D eigenvalue weighted by Crippen LogP contribution is 2.35. The highest BCUT2D eigenvalue weighted by Gasteiger charge is 2.34. The van der Waals surface area contributed by atoms with Crippen LogP contribution in [0.15, 0.2) is 65.6 Å². The van der Waals surface area contributed by atoms with Gasteiger partial charge in [0, 0.05) is 41.3 Å². The van der Waals surface area contributed by atoms with Crippen molar-refractivity contribution in [1.82, 2.24) is 15.6 Å². The van der Waals surface area contributed by atoms with E-state index in [1.165, 1.54) is 6.07 Å². The van der Waals surface area contributed by atoms with Crippen LogP contribution in [0.4, 0.5) is 4.39 Å². The lowest BCUT2D eigenvalue weighted by atomic mass is 9.90. The lowest BCUT2D eigenvalue weighted by Crippen LogP contribution is -2.20. The first-order valence-corrected chi connectivity index (χ1v) is 8.66. The Balaban J connectivity index is 1.50. The Morgan fingerprint density at radius 3 is 3.00 bits per heavy atom. The molecule has 2 aromatic rings. The second-order valence-corrected chi connectivity index (χ2v) is 6.67. The summed E-state index contributed by atoms with van der Waals surface area (Å²) >= 11 is 0. The van der Waals surface area contributed by atoms with E-state index in [-0.39, 0.29) is 17.6 Å². The van der Waals surface area contributed by atoms with Gasteiger partial charge in [-0.25, -0.2) is 4.39 Å². The molecular weight excluding hydrogens is 329 g/mol. The molecule has 0 radical (unpaired) electrons. The van der Waals surface area contributed by atoms with Crippen molar-refractivity contribution in [3.8, 4) is 0 Å². The molecule has 1 aliphatic carbocycles. The zero-order valence-corrected chi connectivity index (χ0v) is 14.5. The molecule has 26 heavy (non-hydrogen) atoms. The van der Waals surface area contributed by atoms with Gasteiger partial charge < -0.3 is 15.6 Å². The fourth-order valence-electron chi connectivity index (χ4n) is 3.41. The molecule has 1 amide bonds. The molecule has 5 heteroatoms. The summed E-state index contributed by atoms with van der Waals surface area (Å²) in [6, 6.07) is 8.67. The maximum Gasteiger partial charge on any atom is 0.252 e. The van der Waals surface area contributed by atoms with Gasteiger partial charge in [-0.1, -0.05) is 6.07 Å². The van der Waals surface area contributed by atoms with Crippen molar-refractivity contribution in [3.05, 3.63) is 88.3 Å². The van der Waals surface area contributed by atoms with Crippen molar-refractivity contribution in [3.63, 3.8) is 0 Å². The minimum absolute atomic E-state index is 0.0203. The molecule has 1 atom stereocenters. The first-order valence-electron chi connectivity index (χ1n) is 8.66. The molecule has 1 aromatic heterocycles. The standard InChI is InChI=1S/C21H20FN3O/c1-13-4-5-15(22)9-14(13)12-24-17-6-7-20-18(10-17)19(21(26)25-20)11-16-3-2-8-23-16/h2-9,11,18,23-24H,10,12H2,1H3,(H,25,26)/b19-11-. The van der Waals surface area contributed by atoms with Gasteiger partial charge in [0.15, 0.2) is 0 Å². The number of benzene rings is 1. The topological polar surface area (TPSA) is 56.9 Å². The molecule has 1 aromatic carbocycles. The second kappa shape index (κ2) is 6.67. The third-order valence-corrected chi connectivity index (χ3v) is 4.91. The molecule has 1 fully saturated rings. The predicted octanol–water partition coefficient (Wildman–Crippen LogP) is 3.55. The van der Waals surface area contributed by atoms with E-state index in [4.69, 9.17) is 0 Å². The van der Waals surface area contributed by atoms with Crippen LogP contribution < -0.4 is 10.6 Å². The van der Waals surface area contributed by atoms with Gasteiger partial charge in [-0.3, -0.25) is 4.79 Å². The molecular formula is C21H20FN3O. The smallest absolute Gasteiger partial charge is 0.252 e. The van der Waals surface area contributed by atoms with Crippen LogP contribution in [-0.2, 0) is 11.3 Å². The van der Waals surface area contributed by atoms with Crippen LogP contribution in [0.1, 0.15) is 23.2 Å². The zero-order chi connectivity index (χ0) is 18.1. The molecule has 1 unspecified atom stereocenters. The Bertz CT molecular complexity index is 938. The normalized spacial score (nSPS) is 20.5. The molecule has 1 aliphatic heterocycles. The SMILES string of the molecule is Cc1ccc(F)cc1CNC1=CC=C2NC(=O)/C(=C\c3ccc[nH]3)C2C1. The van der Waals surface area contributed by atoms with Crippen molar-refractivity contribution >= 4 is 12.0 Å². The van der Waals surface area contributed by atoms with E-state index in [0.717, 1.165) is 33.8 Å². The third-order valence-electron chi connectivity index (χ3n) is 4.91. The second-order valence-electron chi connectivity index (χ2n) is 6.67. The molecule has 0 bridgehead atoms. The average Bonchev–Trinajstić information content (AvgIpc) is 3.24. The average molecular weight is 349 g/mol. The van der Waals surface area contributed by atoms with Crippen molar-refractivity contribution in [2.45, 2.75) is 19.9 Å². The number of fused-ring (bicyclic) bond motifs is 1. The van der Waals surface area contributed by atoms with Gasteiger partial charge in [-0.05, 0) is 67.0 Å². The first kappa shape index (κ1) is 16.4. The number of allylic oxidation sites excluding steroid dienone is 4. The number of hydrogen-bond acceptors (Lipinski definition) is 2. The lowest BCUT2D eigenvalue weighted by Gasteiger charge is -2.20. The Morgan fingerprint density at radius 2 is 2.19 bits per heavy atom. The van der Waals surface area contributed by atoms with Crippen molar-refractivity contribution in [2.24, 2.45) is 5.92 Å². The fraction of sp³-hybridized carbons (Fsp3) is 0.190. The van der Waals surface area contributed by atoms with Gasteiger partial charge in [0.25, 0.3) is 5.91 Å². The molecule has 1 saturated heterocycles. The zero-order valence-electron chi connectivity index (χ0n) is 14.5. The molecule has 132 valence electrons. The monoisotopic (exact) mass is 349 g/mol. The lowest BCUT2D eigenvalue weighted by molar-refractivity contribution is -0.115. The summed E-state index contributed by atoms with van der Waals surface area (Å²) in [5.41, 5.74) is 5.63. The molecule has 0 spiro atoms. The van der Waals surface area contributed by atoms with Crippen LogP contribution in [-0.4, -0.2) is 10.9 Å². The molecule has 2 aliphatic rings. The molecule has 3 N–H and O–H groups in total. The van der Waals surface area contributed by atoms with Gasteiger partial charge >= 0.3 is 0 Å². The Kier molecular flexibility index (Phi) is 4.21. The van der Waals surface area contributed by atoms with Gasteiger partial charge in [-0.15, -0.1) is 0 Å². The summed E-state index contributed by atoms with van der Waals surface area (Å²) in [6.45, 7) is 2.53. The van der Waals surface area contributed by atoms with Crippen molar-refractivity contribution in [2.75, 3.05) is 0 Å². The van der Waals surface area contributed by atoms with E-state index in [1.54, 1.807) is 12.1 Å². The van der Waals surface area contributed by atoms with Crippen LogP contribution in [0.5, 0.6) is 0 Å². The first-order chi connectivity index (χ1) is 12.6. The van der Waals surface area contributed by atoms with Crippen molar-refractivity contribution in [1.29, 1.82) is 0 Å². The number of rotatable bonds is 4. The number of carbonyl (C=O) groups excluding carboxylic acids is 1. The molecule has 4 nitrogen and oxygen atoms in total. The van der Waals surface area contributed by atoms with Crippen LogP contribution in [0, 0.1) is 18.7 Å². The highest BCUT2D eigenvalue weighted by atomic mass is 19.1. The van der Waals surface area contributed by atoms with Crippen LogP contribution >= 0.6 is 0 Å². The van der Waals surface area contributed by atoms with E-state index < -0.39 is 0 Å². The number of H-pyrrole nitrogens is 1. The van der Waals surface area contributed by atoms with E-state index in [0.29, 0.717) is 13.0 Å². The number of aromatic nitrogens is 1. The number of halogens is 1. The van der Waals surface area contributed by atoms with Gasteiger partial charge in [0.05, 0.1) is 0 Å². The summed E-state index contributed by atoms with van der Waals surface area (Å²) in [6.07, 6.45) is 8.39. The maximum absolute atomic E-state index is 13.5. The summed E-state index contributed by atoms with van der Waals surface area (Å²) in [5, 5.41) is 6.34. The van der Waals surface area contributed by atoms with Crippen LogP contribution in [0.25, 0.3) is 6.08 Å². The van der Waals surface area contributed by atoms with E-state index >= 15 is 0 Å². The molecule has 2 heterocycles. The Hall–Kier alpha value is -3.08. The van der Waals surface area contributed by atoms with Gasteiger partial charge in [0.1, 0.15) is 5.82 Å². The number of aryl methyl sites for hydroxylation is 1. The number of carbonyl (C=O) groups is 1. The summed E-state index contributed by atoms with van der Waals surface area (Å²) < 4.78 is 13.5. The Morgan fingerprint density at radius 1 is 1.31 bits per heavy atom. The summed E-state index contributed by atoms with van der Waals surface area (Å²) in [5.74, 6) is -0.257. The molecule has 0 saturated carbocycles.